The highest BCUT2D eigenvalue weighted by atomic mass is 19.1. The van der Waals surface area contributed by atoms with Crippen molar-refractivity contribution < 1.29 is 23.4 Å². The van der Waals surface area contributed by atoms with Crippen molar-refractivity contribution in [1.29, 1.82) is 0 Å². The van der Waals surface area contributed by atoms with Gasteiger partial charge in [0.15, 0.2) is 17.4 Å². The number of aromatic hydroxyl groups is 1. The Morgan fingerprint density at radius 3 is 2.61 bits per heavy atom. The molecule has 0 aromatic heterocycles. The van der Waals surface area contributed by atoms with Crippen LogP contribution in [0.15, 0.2) is 12.1 Å². The minimum atomic E-state index is -0.955. The topological polar surface area (TPSA) is 50.7 Å². The van der Waals surface area contributed by atoms with Crippen molar-refractivity contribution in [3.05, 3.63) is 29.3 Å². The molecular formula is C12H15F2NO3. The summed E-state index contributed by atoms with van der Waals surface area (Å²) in [6, 6.07) is 2.20. The predicted octanol–water partition coefficient (Wildman–Crippen LogP) is 1.18. The lowest BCUT2D eigenvalue weighted by atomic mass is 10.2. The van der Waals surface area contributed by atoms with Gasteiger partial charge in [0, 0.05) is 13.1 Å². The maximum Gasteiger partial charge on any atom is 0.187 e. The molecule has 0 bridgehead atoms. The van der Waals surface area contributed by atoms with Gasteiger partial charge in [-0.2, -0.15) is 0 Å². The summed E-state index contributed by atoms with van der Waals surface area (Å²) in [5, 5.41) is 12.0. The Kier molecular flexibility index (Phi) is 4.46. The zero-order valence-electron chi connectivity index (χ0n) is 9.79. The number of ether oxygens (including phenoxy) is 2. The molecule has 1 unspecified atom stereocenters. The van der Waals surface area contributed by atoms with Crippen molar-refractivity contribution in [2.24, 2.45) is 0 Å². The van der Waals surface area contributed by atoms with Gasteiger partial charge in [0.05, 0.1) is 25.9 Å². The Hall–Kier alpha value is -1.24. The third-order valence-corrected chi connectivity index (χ3v) is 2.66. The molecule has 1 aromatic carbocycles. The first-order valence-electron chi connectivity index (χ1n) is 5.74. The van der Waals surface area contributed by atoms with E-state index in [0.717, 1.165) is 12.1 Å². The third kappa shape index (κ3) is 3.38. The number of benzene rings is 1. The van der Waals surface area contributed by atoms with Crippen LogP contribution in [0, 0.1) is 11.6 Å². The van der Waals surface area contributed by atoms with Crippen molar-refractivity contribution in [3.63, 3.8) is 0 Å². The van der Waals surface area contributed by atoms with E-state index in [1.54, 1.807) is 0 Å². The molecule has 4 nitrogen and oxygen atoms in total. The van der Waals surface area contributed by atoms with Gasteiger partial charge in [-0.3, -0.25) is 0 Å². The number of halogens is 2. The van der Waals surface area contributed by atoms with Crippen molar-refractivity contribution in [1.82, 2.24) is 5.32 Å². The smallest absolute Gasteiger partial charge is 0.187 e. The van der Waals surface area contributed by atoms with E-state index in [-0.39, 0.29) is 6.10 Å². The fourth-order valence-electron chi connectivity index (χ4n) is 1.75. The zero-order valence-corrected chi connectivity index (χ0v) is 9.79. The molecule has 1 aliphatic rings. The molecule has 1 heterocycles. The predicted molar refractivity (Wildman–Crippen MR) is 60.3 cm³/mol. The lowest BCUT2D eigenvalue weighted by Gasteiger charge is -2.23. The first kappa shape index (κ1) is 13.2. The molecule has 1 aliphatic heterocycles. The molecule has 0 aliphatic carbocycles. The third-order valence-electron chi connectivity index (χ3n) is 2.66. The maximum atomic E-state index is 13.1. The van der Waals surface area contributed by atoms with Crippen molar-refractivity contribution in [2.75, 3.05) is 26.4 Å². The summed E-state index contributed by atoms with van der Waals surface area (Å²) in [4.78, 5) is 0. The molecule has 2 N–H and O–H groups in total. The van der Waals surface area contributed by atoms with Crippen molar-refractivity contribution >= 4 is 0 Å². The second kappa shape index (κ2) is 6.08. The van der Waals surface area contributed by atoms with Gasteiger partial charge in [-0.15, -0.1) is 0 Å². The zero-order chi connectivity index (χ0) is 13.0. The molecule has 100 valence electrons. The van der Waals surface area contributed by atoms with Crippen LogP contribution in [0.3, 0.4) is 0 Å². The van der Waals surface area contributed by atoms with Gasteiger partial charge in [-0.05, 0) is 17.7 Å². The molecule has 1 fully saturated rings. The second-order valence-electron chi connectivity index (χ2n) is 4.11. The number of phenols is 1. The van der Waals surface area contributed by atoms with Gasteiger partial charge < -0.3 is 19.9 Å². The average Bonchev–Trinajstić information content (AvgIpc) is 2.37. The molecule has 18 heavy (non-hydrogen) atoms. The van der Waals surface area contributed by atoms with Gasteiger partial charge in [-0.1, -0.05) is 0 Å². The molecule has 1 aromatic rings. The molecule has 1 saturated heterocycles. The molecule has 0 radical (unpaired) electrons. The van der Waals surface area contributed by atoms with Crippen molar-refractivity contribution in [2.45, 2.75) is 12.6 Å². The van der Waals surface area contributed by atoms with E-state index in [0.29, 0.717) is 38.5 Å². The van der Waals surface area contributed by atoms with E-state index >= 15 is 0 Å². The minimum Gasteiger partial charge on any atom is -0.503 e. The fourth-order valence-corrected chi connectivity index (χ4v) is 1.75. The van der Waals surface area contributed by atoms with E-state index in [1.165, 1.54) is 0 Å². The van der Waals surface area contributed by atoms with Crippen LogP contribution in [-0.4, -0.2) is 37.6 Å². The van der Waals surface area contributed by atoms with Gasteiger partial charge >= 0.3 is 0 Å². The molecule has 6 heteroatoms. The Morgan fingerprint density at radius 2 is 2.00 bits per heavy atom. The summed E-state index contributed by atoms with van der Waals surface area (Å²) in [7, 11) is 0. The fraction of sp³-hybridized carbons (Fsp3) is 0.500. The van der Waals surface area contributed by atoms with E-state index in [4.69, 9.17) is 14.6 Å². The SMILES string of the molecule is Oc1c(F)cc(CNCC2COCCO2)cc1F. The molecule has 0 amide bonds. The Morgan fingerprint density at radius 1 is 1.28 bits per heavy atom. The summed E-state index contributed by atoms with van der Waals surface area (Å²) in [5.41, 5.74) is 0.430. The molecule has 2 rings (SSSR count). The lowest BCUT2D eigenvalue weighted by Crippen LogP contribution is -2.37. The number of rotatable bonds is 4. The van der Waals surface area contributed by atoms with Crippen LogP contribution >= 0.6 is 0 Å². The summed E-state index contributed by atoms with van der Waals surface area (Å²) in [6.07, 6.45) is -0.0365. The number of nitrogens with one attached hydrogen (secondary N) is 1. The minimum absolute atomic E-state index is 0.0365. The Balaban J connectivity index is 1.82. The molecular weight excluding hydrogens is 244 g/mol. The van der Waals surface area contributed by atoms with E-state index in [2.05, 4.69) is 5.32 Å². The van der Waals surface area contributed by atoms with Crippen LogP contribution in [0.25, 0.3) is 0 Å². The highest BCUT2D eigenvalue weighted by Crippen LogP contribution is 2.21. The summed E-state index contributed by atoms with van der Waals surface area (Å²) in [6.45, 7) is 2.53. The summed E-state index contributed by atoms with van der Waals surface area (Å²) < 4.78 is 36.7. The first-order valence-corrected chi connectivity index (χ1v) is 5.74. The molecule has 0 saturated carbocycles. The van der Waals surface area contributed by atoms with Gasteiger partial charge in [0.25, 0.3) is 0 Å². The van der Waals surface area contributed by atoms with E-state index in [1.807, 2.05) is 0 Å². The molecule has 0 spiro atoms. The van der Waals surface area contributed by atoms with Crippen LogP contribution in [0.2, 0.25) is 0 Å². The van der Waals surface area contributed by atoms with Crippen molar-refractivity contribution in [3.8, 4) is 5.75 Å². The average molecular weight is 259 g/mol. The second-order valence-corrected chi connectivity index (χ2v) is 4.11. The van der Waals surface area contributed by atoms with E-state index < -0.39 is 17.4 Å². The quantitative estimate of drug-likeness (QED) is 0.852. The standard InChI is InChI=1S/C12H15F2NO3/c13-10-3-8(4-11(14)12(10)16)5-15-6-9-7-17-1-2-18-9/h3-4,9,15-16H,1-2,5-7H2. The number of hydrogen-bond acceptors (Lipinski definition) is 4. The maximum absolute atomic E-state index is 13.1. The monoisotopic (exact) mass is 259 g/mol. The summed E-state index contributed by atoms with van der Waals surface area (Å²) >= 11 is 0. The van der Waals surface area contributed by atoms with Crippen LogP contribution in [-0.2, 0) is 16.0 Å². The van der Waals surface area contributed by atoms with Gasteiger partial charge in [-0.25, -0.2) is 8.78 Å². The van der Waals surface area contributed by atoms with Crippen LogP contribution in [0.4, 0.5) is 8.78 Å². The molecule has 1 atom stereocenters. The van der Waals surface area contributed by atoms with Crippen LogP contribution < -0.4 is 5.32 Å². The van der Waals surface area contributed by atoms with Crippen LogP contribution in [0.1, 0.15) is 5.56 Å². The number of hydrogen-bond donors (Lipinski definition) is 2. The first-order chi connectivity index (χ1) is 8.66. The highest BCUT2D eigenvalue weighted by Gasteiger charge is 2.14. The Labute approximate surface area is 104 Å². The highest BCUT2D eigenvalue weighted by molar-refractivity contribution is 5.29. The Bertz CT molecular complexity index is 385. The number of phenolic OH excluding ortho intramolecular Hbond substituents is 1. The summed E-state index contributed by atoms with van der Waals surface area (Å²) in [5.74, 6) is -2.85. The lowest BCUT2D eigenvalue weighted by molar-refractivity contribution is -0.0864. The largest absolute Gasteiger partial charge is 0.503 e. The van der Waals surface area contributed by atoms with Gasteiger partial charge in [0.1, 0.15) is 0 Å². The van der Waals surface area contributed by atoms with Crippen LogP contribution in [0.5, 0.6) is 5.75 Å². The van der Waals surface area contributed by atoms with Gasteiger partial charge in [0.2, 0.25) is 0 Å². The van der Waals surface area contributed by atoms with E-state index in [9.17, 15) is 8.78 Å². The normalized spacial score (nSPS) is 20.0.